The Morgan fingerprint density at radius 3 is 2.93 bits per heavy atom. The molecule has 0 saturated heterocycles. The van der Waals surface area contributed by atoms with Gasteiger partial charge in [0.15, 0.2) is 0 Å². The molecule has 1 N–H and O–H groups in total. The second kappa shape index (κ2) is 5.13. The molecule has 0 aromatic heterocycles. The van der Waals surface area contributed by atoms with Crippen LogP contribution in [0.1, 0.15) is 26.2 Å². The summed E-state index contributed by atoms with van der Waals surface area (Å²) >= 11 is 0. The van der Waals surface area contributed by atoms with E-state index in [9.17, 15) is 0 Å². The minimum atomic E-state index is 1.03. The molecule has 1 nitrogen and oxygen atoms in total. The van der Waals surface area contributed by atoms with Gasteiger partial charge in [-0.1, -0.05) is 37.3 Å². The Kier molecular flexibility index (Phi) is 3.57. The molecule has 0 bridgehead atoms. The van der Waals surface area contributed by atoms with Crippen LogP contribution in [0.15, 0.2) is 47.1 Å². The minimum Gasteiger partial charge on any atom is -0.313 e. The van der Waals surface area contributed by atoms with Gasteiger partial charge in [-0.15, -0.1) is 0 Å². The van der Waals surface area contributed by atoms with Crippen LogP contribution < -0.4 is 5.32 Å². The van der Waals surface area contributed by atoms with Crippen molar-refractivity contribution in [3.05, 3.63) is 47.1 Å². The van der Waals surface area contributed by atoms with E-state index < -0.39 is 0 Å². The Labute approximate surface area is 92.3 Å². The molecule has 1 aliphatic carbocycles. The third-order valence-corrected chi connectivity index (χ3v) is 3.05. The molecule has 0 aromatic carbocycles. The van der Waals surface area contributed by atoms with Crippen LogP contribution in [0.4, 0.5) is 0 Å². The fraction of sp³-hybridized carbons (Fsp3) is 0.429. The highest BCUT2D eigenvalue weighted by Gasteiger charge is 2.07. The zero-order valence-electron chi connectivity index (χ0n) is 9.42. The molecule has 1 heteroatoms. The molecular weight excluding hydrogens is 182 g/mol. The third kappa shape index (κ3) is 2.69. The van der Waals surface area contributed by atoms with Gasteiger partial charge in [-0.25, -0.2) is 0 Å². The van der Waals surface area contributed by atoms with Crippen LogP contribution in [-0.2, 0) is 0 Å². The van der Waals surface area contributed by atoms with E-state index in [1.807, 2.05) is 0 Å². The molecule has 0 spiro atoms. The molecule has 0 saturated carbocycles. The number of hydrogen-bond donors (Lipinski definition) is 1. The number of rotatable bonds is 2. The average molecular weight is 201 g/mol. The lowest BCUT2D eigenvalue weighted by atomic mass is 9.97. The molecule has 2 aliphatic rings. The fourth-order valence-corrected chi connectivity index (χ4v) is 2.06. The van der Waals surface area contributed by atoms with Crippen LogP contribution in [0.25, 0.3) is 0 Å². The van der Waals surface area contributed by atoms with E-state index in [2.05, 4.69) is 42.6 Å². The molecule has 0 amide bonds. The van der Waals surface area contributed by atoms with Crippen molar-refractivity contribution in [1.82, 2.24) is 5.32 Å². The van der Waals surface area contributed by atoms with Gasteiger partial charge in [-0.05, 0) is 42.5 Å². The van der Waals surface area contributed by atoms with Crippen LogP contribution in [0, 0.1) is 0 Å². The summed E-state index contributed by atoms with van der Waals surface area (Å²) in [6.07, 6.45) is 14.8. The number of nitrogens with one attached hydrogen (secondary N) is 1. The molecule has 2 rings (SSSR count). The van der Waals surface area contributed by atoms with Crippen molar-refractivity contribution in [2.24, 2.45) is 0 Å². The van der Waals surface area contributed by atoms with E-state index in [1.54, 1.807) is 0 Å². The summed E-state index contributed by atoms with van der Waals surface area (Å²) < 4.78 is 0. The van der Waals surface area contributed by atoms with Crippen LogP contribution in [0.3, 0.4) is 0 Å². The molecule has 15 heavy (non-hydrogen) atoms. The minimum absolute atomic E-state index is 1.03. The first-order chi connectivity index (χ1) is 7.40. The highest BCUT2D eigenvalue weighted by atomic mass is 14.8. The SMILES string of the molecule is CCC1=CC=C(C2=CCNCC2)CC=C1. The molecule has 0 unspecified atom stereocenters. The Morgan fingerprint density at radius 2 is 2.20 bits per heavy atom. The van der Waals surface area contributed by atoms with Crippen molar-refractivity contribution < 1.29 is 0 Å². The van der Waals surface area contributed by atoms with Gasteiger partial charge in [0.2, 0.25) is 0 Å². The summed E-state index contributed by atoms with van der Waals surface area (Å²) in [6.45, 7) is 4.36. The summed E-state index contributed by atoms with van der Waals surface area (Å²) in [4.78, 5) is 0. The first-order valence-electron chi connectivity index (χ1n) is 5.86. The average Bonchev–Trinajstić information content (AvgIpc) is 2.55. The van der Waals surface area contributed by atoms with Gasteiger partial charge in [0, 0.05) is 6.54 Å². The van der Waals surface area contributed by atoms with Gasteiger partial charge in [0.25, 0.3) is 0 Å². The lowest BCUT2D eigenvalue weighted by molar-refractivity contribution is 0.705. The van der Waals surface area contributed by atoms with Crippen molar-refractivity contribution in [1.29, 1.82) is 0 Å². The first kappa shape index (κ1) is 10.4. The summed E-state index contributed by atoms with van der Waals surface area (Å²) in [5.74, 6) is 0. The quantitative estimate of drug-likeness (QED) is 0.723. The van der Waals surface area contributed by atoms with E-state index in [-0.39, 0.29) is 0 Å². The lowest BCUT2D eigenvalue weighted by Gasteiger charge is -2.15. The normalized spacial score (nSPS) is 21.5. The fourth-order valence-electron chi connectivity index (χ4n) is 2.06. The summed E-state index contributed by atoms with van der Waals surface area (Å²) in [5, 5.41) is 3.35. The van der Waals surface area contributed by atoms with Crippen LogP contribution >= 0.6 is 0 Å². The molecule has 1 heterocycles. The first-order valence-corrected chi connectivity index (χ1v) is 5.86. The second-order valence-electron chi connectivity index (χ2n) is 4.08. The topological polar surface area (TPSA) is 12.0 Å². The molecule has 0 atom stereocenters. The van der Waals surface area contributed by atoms with Crippen LogP contribution in [0.2, 0.25) is 0 Å². The Balaban J connectivity index is 2.16. The van der Waals surface area contributed by atoms with E-state index in [4.69, 9.17) is 0 Å². The Morgan fingerprint density at radius 1 is 1.27 bits per heavy atom. The van der Waals surface area contributed by atoms with Gasteiger partial charge < -0.3 is 5.32 Å². The van der Waals surface area contributed by atoms with Crippen LogP contribution in [-0.4, -0.2) is 13.1 Å². The standard InChI is InChI=1S/C14H19N/c1-2-12-4-3-5-13(7-6-12)14-8-10-15-11-9-14/h3-4,6-8,15H,2,5,9-11H2,1H3. The smallest absolute Gasteiger partial charge is 0.0140 e. The van der Waals surface area contributed by atoms with Crippen molar-refractivity contribution in [3.63, 3.8) is 0 Å². The molecular formula is C14H19N. The predicted octanol–water partition coefficient (Wildman–Crippen LogP) is 3.13. The van der Waals surface area contributed by atoms with Crippen molar-refractivity contribution in [3.8, 4) is 0 Å². The zero-order valence-corrected chi connectivity index (χ0v) is 9.42. The molecule has 80 valence electrons. The Bertz CT molecular complexity index is 342. The van der Waals surface area contributed by atoms with E-state index >= 15 is 0 Å². The largest absolute Gasteiger partial charge is 0.313 e. The summed E-state index contributed by atoms with van der Waals surface area (Å²) in [5.41, 5.74) is 4.46. The van der Waals surface area contributed by atoms with E-state index in [0.29, 0.717) is 0 Å². The van der Waals surface area contributed by atoms with Gasteiger partial charge in [0.1, 0.15) is 0 Å². The molecule has 1 aliphatic heterocycles. The van der Waals surface area contributed by atoms with Gasteiger partial charge in [-0.3, -0.25) is 0 Å². The monoisotopic (exact) mass is 201 g/mol. The van der Waals surface area contributed by atoms with E-state index in [1.165, 1.54) is 23.1 Å². The Hall–Kier alpha value is -1.08. The van der Waals surface area contributed by atoms with Gasteiger partial charge in [0.05, 0.1) is 0 Å². The summed E-state index contributed by atoms with van der Waals surface area (Å²) in [6, 6.07) is 0. The maximum Gasteiger partial charge on any atom is 0.0140 e. The number of allylic oxidation sites excluding steroid dienone is 6. The second-order valence-corrected chi connectivity index (χ2v) is 4.08. The number of hydrogen-bond acceptors (Lipinski definition) is 1. The van der Waals surface area contributed by atoms with Crippen molar-refractivity contribution in [2.75, 3.05) is 13.1 Å². The zero-order chi connectivity index (χ0) is 10.5. The third-order valence-electron chi connectivity index (χ3n) is 3.05. The van der Waals surface area contributed by atoms with E-state index in [0.717, 1.165) is 25.9 Å². The van der Waals surface area contributed by atoms with Crippen molar-refractivity contribution in [2.45, 2.75) is 26.2 Å². The highest BCUT2D eigenvalue weighted by molar-refractivity contribution is 5.41. The highest BCUT2D eigenvalue weighted by Crippen LogP contribution is 2.23. The maximum atomic E-state index is 3.35. The molecule has 0 aromatic rings. The summed E-state index contributed by atoms with van der Waals surface area (Å²) in [7, 11) is 0. The predicted molar refractivity (Wildman–Crippen MR) is 65.8 cm³/mol. The van der Waals surface area contributed by atoms with Gasteiger partial charge >= 0.3 is 0 Å². The molecule has 0 fully saturated rings. The maximum absolute atomic E-state index is 3.35. The van der Waals surface area contributed by atoms with Crippen molar-refractivity contribution >= 4 is 0 Å². The lowest BCUT2D eigenvalue weighted by Crippen LogP contribution is -2.21. The van der Waals surface area contributed by atoms with Crippen LogP contribution in [0.5, 0.6) is 0 Å². The van der Waals surface area contributed by atoms with Gasteiger partial charge in [-0.2, -0.15) is 0 Å². The molecule has 0 radical (unpaired) electrons.